The molecule has 0 radical (unpaired) electrons. The van der Waals surface area contributed by atoms with Gasteiger partial charge in [0.1, 0.15) is 0 Å². The van der Waals surface area contributed by atoms with Crippen molar-refractivity contribution in [1.29, 1.82) is 0 Å². The Balaban J connectivity index is 1.49. The number of aromatic nitrogens is 2. The zero-order chi connectivity index (χ0) is 24.3. The van der Waals surface area contributed by atoms with Crippen molar-refractivity contribution in [2.45, 2.75) is 11.8 Å². The first-order valence-corrected chi connectivity index (χ1v) is 13.1. The van der Waals surface area contributed by atoms with E-state index in [0.29, 0.717) is 22.5 Å². The van der Waals surface area contributed by atoms with Gasteiger partial charge in [-0.15, -0.1) is 0 Å². The van der Waals surface area contributed by atoms with Gasteiger partial charge in [-0.2, -0.15) is 16.7 Å². The van der Waals surface area contributed by atoms with Crippen molar-refractivity contribution in [1.82, 2.24) is 14.9 Å². The van der Waals surface area contributed by atoms with Crippen molar-refractivity contribution in [3.63, 3.8) is 0 Å². The quantitative estimate of drug-likeness (QED) is 0.468. The first kappa shape index (κ1) is 23.9. The largest absolute Gasteiger partial charge is 0.338 e. The molecular formula is C22H23FN6O3S2. The van der Waals surface area contributed by atoms with Gasteiger partial charge in [0.05, 0.1) is 11.1 Å². The fourth-order valence-corrected chi connectivity index (χ4v) is 5.12. The molecule has 0 saturated carbocycles. The van der Waals surface area contributed by atoms with E-state index in [4.69, 9.17) is 5.14 Å². The molecule has 1 aliphatic rings. The maximum atomic E-state index is 14.3. The summed E-state index contributed by atoms with van der Waals surface area (Å²) in [5, 5.41) is 11.0. The molecule has 0 spiro atoms. The standard InChI is InChI=1S/C22H23FN6O3S2/c1-14-2-5-17(12-19(14)34(24,31)32)27-22-25-13-18(23)20(28-22)26-16-6-3-15(4-7-16)21(30)29-8-10-33-11-9-29/h2-7,12-13H,8-11H2,1H3,(H2,24,31,32)(H2,25,26,27,28). The molecule has 3 aromatic rings. The summed E-state index contributed by atoms with van der Waals surface area (Å²) >= 11 is 1.83. The van der Waals surface area contributed by atoms with Crippen molar-refractivity contribution in [3.05, 3.63) is 65.6 Å². The van der Waals surface area contributed by atoms with E-state index >= 15 is 0 Å². The average molecular weight is 503 g/mol. The van der Waals surface area contributed by atoms with Gasteiger partial charge in [-0.05, 0) is 48.9 Å². The molecule has 0 unspecified atom stereocenters. The molecule has 0 aliphatic carbocycles. The Labute approximate surface area is 201 Å². The molecule has 0 bridgehead atoms. The molecule has 1 amide bonds. The van der Waals surface area contributed by atoms with Crippen LogP contribution in [-0.4, -0.2) is 53.8 Å². The van der Waals surface area contributed by atoms with Gasteiger partial charge in [0.25, 0.3) is 5.91 Å². The highest BCUT2D eigenvalue weighted by molar-refractivity contribution is 7.99. The third kappa shape index (κ3) is 5.64. The number of nitrogens with one attached hydrogen (secondary N) is 2. The number of amides is 1. The van der Waals surface area contributed by atoms with Crippen molar-refractivity contribution in [3.8, 4) is 0 Å². The number of anilines is 4. The number of hydrogen-bond donors (Lipinski definition) is 3. The monoisotopic (exact) mass is 502 g/mol. The first-order valence-electron chi connectivity index (χ1n) is 10.4. The topological polar surface area (TPSA) is 130 Å². The Morgan fingerprint density at radius 1 is 1.09 bits per heavy atom. The number of rotatable bonds is 6. The van der Waals surface area contributed by atoms with E-state index in [-0.39, 0.29) is 22.6 Å². The number of hydrogen-bond acceptors (Lipinski definition) is 8. The fourth-order valence-electron chi connectivity index (χ4n) is 3.41. The number of halogens is 1. The lowest BCUT2D eigenvalue weighted by Crippen LogP contribution is -2.37. The molecule has 2 aromatic carbocycles. The van der Waals surface area contributed by atoms with Crippen molar-refractivity contribution >= 4 is 50.8 Å². The van der Waals surface area contributed by atoms with E-state index in [1.807, 2.05) is 16.7 Å². The van der Waals surface area contributed by atoms with Crippen LogP contribution in [0.25, 0.3) is 0 Å². The fraction of sp³-hybridized carbons (Fsp3) is 0.227. The van der Waals surface area contributed by atoms with Crippen LogP contribution in [0, 0.1) is 12.7 Å². The molecule has 12 heteroatoms. The first-order chi connectivity index (χ1) is 16.2. The van der Waals surface area contributed by atoms with Gasteiger partial charge in [0, 0.05) is 41.5 Å². The highest BCUT2D eigenvalue weighted by Crippen LogP contribution is 2.24. The van der Waals surface area contributed by atoms with Crippen LogP contribution in [-0.2, 0) is 10.0 Å². The van der Waals surface area contributed by atoms with E-state index in [1.165, 1.54) is 6.07 Å². The van der Waals surface area contributed by atoms with E-state index < -0.39 is 15.8 Å². The van der Waals surface area contributed by atoms with Crippen LogP contribution in [0.4, 0.5) is 27.5 Å². The number of aryl methyl sites for hydroxylation is 1. The third-order valence-corrected chi connectivity index (χ3v) is 7.18. The summed E-state index contributed by atoms with van der Waals surface area (Å²) in [4.78, 5) is 22.5. The minimum absolute atomic E-state index is 0.0245. The second kappa shape index (κ2) is 9.95. The summed E-state index contributed by atoms with van der Waals surface area (Å²) in [6.45, 7) is 3.08. The van der Waals surface area contributed by atoms with Gasteiger partial charge in [0.15, 0.2) is 11.6 Å². The van der Waals surface area contributed by atoms with Gasteiger partial charge in [-0.25, -0.2) is 22.9 Å². The zero-order valence-corrected chi connectivity index (χ0v) is 19.9. The highest BCUT2D eigenvalue weighted by Gasteiger charge is 2.18. The van der Waals surface area contributed by atoms with Crippen molar-refractivity contribution in [2.75, 3.05) is 35.2 Å². The summed E-state index contributed by atoms with van der Waals surface area (Å²) in [5.41, 5.74) is 1.98. The summed E-state index contributed by atoms with van der Waals surface area (Å²) < 4.78 is 37.8. The molecule has 1 aromatic heterocycles. The minimum Gasteiger partial charge on any atom is -0.338 e. The third-order valence-electron chi connectivity index (χ3n) is 5.19. The van der Waals surface area contributed by atoms with Crippen LogP contribution in [0.1, 0.15) is 15.9 Å². The number of benzene rings is 2. The molecule has 2 heterocycles. The second-order valence-electron chi connectivity index (χ2n) is 7.65. The van der Waals surface area contributed by atoms with Crippen LogP contribution < -0.4 is 15.8 Å². The summed E-state index contributed by atoms with van der Waals surface area (Å²) in [7, 11) is -3.90. The van der Waals surface area contributed by atoms with E-state index in [1.54, 1.807) is 43.3 Å². The molecule has 1 saturated heterocycles. The Bertz CT molecular complexity index is 1310. The number of carbonyl (C=O) groups excluding carboxylic acids is 1. The molecule has 4 rings (SSSR count). The summed E-state index contributed by atoms with van der Waals surface area (Å²) in [5.74, 6) is 1.14. The van der Waals surface area contributed by atoms with Gasteiger partial charge < -0.3 is 15.5 Å². The lowest BCUT2D eigenvalue weighted by atomic mass is 10.1. The smallest absolute Gasteiger partial charge is 0.253 e. The van der Waals surface area contributed by atoms with E-state index in [0.717, 1.165) is 30.8 Å². The molecule has 34 heavy (non-hydrogen) atoms. The van der Waals surface area contributed by atoms with Gasteiger partial charge >= 0.3 is 0 Å². The normalized spacial score (nSPS) is 14.0. The zero-order valence-electron chi connectivity index (χ0n) is 18.3. The molecular weight excluding hydrogens is 479 g/mol. The minimum atomic E-state index is -3.90. The van der Waals surface area contributed by atoms with Crippen molar-refractivity contribution < 1.29 is 17.6 Å². The van der Waals surface area contributed by atoms with E-state index in [9.17, 15) is 17.6 Å². The van der Waals surface area contributed by atoms with E-state index in [2.05, 4.69) is 20.6 Å². The lowest BCUT2D eigenvalue weighted by molar-refractivity contribution is 0.0772. The number of nitrogens with two attached hydrogens (primary N) is 1. The Kier molecular flexibility index (Phi) is 7.00. The van der Waals surface area contributed by atoms with Crippen LogP contribution in [0.5, 0.6) is 0 Å². The number of primary sulfonamides is 1. The molecule has 178 valence electrons. The average Bonchev–Trinajstić information content (AvgIpc) is 2.82. The molecule has 1 aliphatic heterocycles. The van der Waals surface area contributed by atoms with Crippen LogP contribution in [0.2, 0.25) is 0 Å². The second-order valence-corrected chi connectivity index (χ2v) is 10.4. The van der Waals surface area contributed by atoms with Crippen molar-refractivity contribution in [2.24, 2.45) is 5.14 Å². The SMILES string of the molecule is Cc1ccc(Nc2ncc(F)c(Nc3ccc(C(=O)N4CCSCC4)cc3)n2)cc1S(N)(=O)=O. The van der Waals surface area contributed by atoms with Crippen LogP contribution >= 0.6 is 11.8 Å². The van der Waals surface area contributed by atoms with Gasteiger partial charge in [0.2, 0.25) is 16.0 Å². The lowest BCUT2D eigenvalue weighted by Gasteiger charge is -2.26. The number of nitrogens with zero attached hydrogens (tertiary/aromatic N) is 3. The number of thioether (sulfide) groups is 1. The highest BCUT2D eigenvalue weighted by atomic mass is 32.2. The number of sulfonamides is 1. The van der Waals surface area contributed by atoms with Crippen LogP contribution in [0.3, 0.4) is 0 Å². The predicted octanol–water partition coefficient (Wildman–Crippen LogP) is 3.25. The molecule has 0 atom stereocenters. The number of carbonyl (C=O) groups is 1. The summed E-state index contributed by atoms with van der Waals surface area (Å²) in [6, 6.07) is 11.3. The Morgan fingerprint density at radius 2 is 1.76 bits per heavy atom. The molecule has 1 fully saturated rings. The maximum Gasteiger partial charge on any atom is 0.253 e. The Morgan fingerprint density at radius 3 is 2.44 bits per heavy atom. The van der Waals surface area contributed by atoms with Crippen LogP contribution in [0.15, 0.2) is 53.6 Å². The predicted molar refractivity (Wildman–Crippen MR) is 131 cm³/mol. The molecule has 4 N–H and O–H groups in total. The maximum absolute atomic E-state index is 14.3. The summed E-state index contributed by atoms with van der Waals surface area (Å²) in [6.07, 6.45) is 0.999. The Hall–Kier alpha value is -3.22. The van der Waals surface area contributed by atoms with Gasteiger partial charge in [-0.3, -0.25) is 4.79 Å². The van der Waals surface area contributed by atoms with Gasteiger partial charge in [-0.1, -0.05) is 6.07 Å². The molecule has 9 nitrogen and oxygen atoms in total.